The highest BCUT2D eigenvalue weighted by atomic mass is 32.2. The van der Waals surface area contributed by atoms with E-state index in [-0.39, 0.29) is 29.1 Å². The second kappa shape index (κ2) is 7.69. The SMILES string of the molecule is CCN(C(=O)c1ccc(NCCOC)nn1)C1CCS(=O)(=O)C1. The van der Waals surface area contributed by atoms with Gasteiger partial charge in [-0.15, -0.1) is 10.2 Å². The van der Waals surface area contributed by atoms with E-state index in [0.717, 1.165) is 0 Å². The van der Waals surface area contributed by atoms with Crippen LogP contribution in [0, 0.1) is 0 Å². The van der Waals surface area contributed by atoms with Crippen molar-refractivity contribution < 1.29 is 17.9 Å². The Morgan fingerprint density at radius 2 is 2.22 bits per heavy atom. The predicted octanol–water partition coefficient (Wildman–Crippen LogP) is 0.184. The van der Waals surface area contributed by atoms with Gasteiger partial charge in [-0.25, -0.2) is 8.42 Å². The Morgan fingerprint density at radius 3 is 2.74 bits per heavy atom. The summed E-state index contributed by atoms with van der Waals surface area (Å²) in [7, 11) is -1.43. The van der Waals surface area contributed by atoms with Gasteiger partial charge in [0.05, 0.1) is 18.1 Å². The molecule has 0 bridgehead atoms. The zero-order valence-corrected chi connectivity index (χ0v) is 14.2. The molecule has 1 aliphatic rings. The van der Waals surface area contributed by atoms with Gasteiger partial charge in [-0.3, -0.25) is 4.79 Å². The van der Waals surface area contributed by atoms with Crippen molar-refractivity contribution in [1.29, 1.82) is 0 Å². The molecule has 1 N–H and O–H groups in total. The summed E-state index contributed by atoms with van der Waals surface area (Å²) in [4.78, 5) is 14.1. The zero-order valence-electron chi connectivity index (χ0n) is 13.4. The van der Waals surface area contributed by atoms with Crippen LogP contribution in [0.25, 0.3) is 0 Å². The molecule has 1 amide bonds. The van der Waals surface area contributed by atoms with Crippen molar-refractivity contribution in [2.75, 3.05) is 43.6 Å². The van der Waals surface area contributed by atoms with Crippen LogP contribution >= 0.6 is 0 Å². The third kappa shape index (κ3) is 4.61. The number of amides is 1. The highest BCUT2D eigenvalue weighted by Crippen LogP contribution is 2.19. The number of nitrogens with zero attached hydrogens (tertiary/aromatic N) is 3. The van der Waals surface area contributed by atoms with Gasteiger partial charge in [0.25, 0.3) is 5.91 Å². The Balaban J connectivity index is 2.03. The molecule has 2 heterocycles. The van der Waals surface area contributed by atoms with E-state index in [2.05, 4.69) is 15.5 Å². The molecule has 1 fully saturated rings. The first-order valence-electron chi connectivity index (χ1n) is 7.54. The Bertz CT molecular complexity index is 633. The van der Waals surface area contributed by atoms with Crippen LogP contribution in [-0.2, 0) is 14.6 Å². The van der Waals surface area contributed by atoms with Crippen molar-refractivity contribution in [3.8, 4) is 0 Å². The first-order valence-corrected chi connectivity index (χ1v) is 9.37. The van der Waals surface area contributed by atoms with E-state index in [4.69, 9.17) is 4.74 Å². The van der Waals surface area contributed by atoms with Crippen molar-refractivity contribution in [1.82, 2.24) is 15.1 Å². The highest BCUT2D eigenvalue weighted by molar-refractivity contribution is 7.91. The quantitative estimate of drug-likeness (QED) is 0.706. The molecule has 1 aromatic rings. The fraction of sp³-hybridized carbons (Fsp3) is 0.643. The van der Waals surface area contributed by atoms with Crippen LogP contribution in [-0.4, -0.2) is 73.8 Å². The van der Waals surface area contributed by atoms with Gasteiger partial charge in [-0.05, 0) is 25.5 Å². The Kier molecular flexibility index (Phi) is 5.89. The summed E-state index contributed by atoms with van der Waals surface area (Å²) in [5.74, 6) is 0.433. The minimum atomic E-state index is -3.04. The normalized spacial score (nSPS) is 19.5. The molecule has 1 unspecified atom stereocenters. The summed E-state index contributed by atoms with van der Waals surface area (Å²) in [5, 5.41) is 10.9. The maximum absolute atomic E-state index is 12.5. The van der Waals surface area contributed by atoms with Crippen LogP contribution in [0.1, 0.15) is 23.8 Å². The topological polar surface area (TPSA) is 101 Å². The molecule has 1 aliphatic heterocycles. The molecule has 0 aliphatic carbocycles. The van der Waals surface area contributed by atoms with Crippen LogP contribution in [0.3, 0.4) is 0 Å². The average Bonchev–Trinajstić information content (AvgIpc) is 2.89. The fourth-order valence-electron chi connectivity index (χ4n) is 2.56. The van der Waals surface area contributed by atoms with Gasteiger partial charge < -0.3 is 15.0 Å². The standard InChI is InChI=1S/C14H22N4O4S/c1-3-18(11-6-9-23(20,21)10-11)14(19)12-4-5-13(17-16-12)15-7-8-22-2/h4-5,11H,3,6-10H2,1-2H3,(H,15,17). The number of hydrogen-bond acceptors (Lipinski definition) is 7. The maximum atomic E-state index is 12.5. The van der Waals surface area contributed by atoms with E-state index in [1.54, 1.807) is 24.1 Å². The monoisotopic (exact) mass is 342 g/mol. The number of nitrogens with one attached hydrogen (secondary N) is 1. The van der Waals surface area contributed by atoms with Crippen LogP contribution < -0.4 is 5.32 Å². The number of aromatic nitrogens is 2. The second-order valence-electron chi connectivity index (χ2n) is 5.37. The molecule has 0 saturated carbocycles. The number of methoxy groups -OCH3 is 1. The number of hydrogen-bond donors (Lipinski definition) is 1. The zero-order chi connectivity index (χ0) is 16.9. The maximum Gasteiger partial charge on any atom is 0.274 e. The van der Waals surface area contributed by atoms with Gasteiger partial charge in [0.1, 0.15) is 5.82 Å². The first-order chi connectivity index (χ1) is 11.0. The number of rotatable bonds is 7. The van der Waals surface area contributed by atoms with Gasteiger partial charge in [0.2, 0.25) is 0 Å². The number of carbonyl (C=O) groups is 1. The third-order valence-electron chi connectivity index (χ3n) is 3.75. The summed E-state index contributed by atoms with van der Waals surface area (Å²) in [6.45, 7) is 3.41. The van der Waals surface area contributed by atoms with Crippen LogP contribution in [0.5, 0.6) is 0 Å². The van der Waals surface area contributed by atoms with Crippen molar-refractivity contribution >= 4 is 21.6 Å². The summed E-state index contributed by atoms with van der Waals surface area (Å²) >= 11 is 0. The summed E-state index contributed by atoms with van der Waals surface area (Å²) in [6.07, 6.45) is 0.478. The Hall–Kier alpha value is -1.74. The van der Waals surface area contributed by atoms with Crippen LogP contribution in [0.4, 0.5) is 5.82 Å². The first kappa shape index (κ1) is 17.6. The lowest BCUT2D eigenvalue weighted by Gasteiger charge is -2.26. The van der Waals surface area contributed by atoms with E-state index in [1.165, 1.54) is 0 Å². The third-order valence-corrected chi connectivity index (χ3v) is 5.50. The molecule has 8 nitrogen and oxygen atoms in total. The van der Waals surface area contributed by atoms with Crippen LogP contribution in [0.15, 0.2) is 12.1 Å². The summed E-state index contributed by atoms with van der Waals surface area (Å²) < 4.78 is 28.1. The molecule has 128 valence electrons. The Labute approximate surface area is 136 Å². The molecule has 1 atom stereocenters. The van der Waals surface area contributed by atoms with Gasteiger partial charge in [0.15, 0.2) is 15.5 Å². The number of sulfone groups is 1. The minimum absolute atomic E-state index is 0.0245. The highest BCUT2D eigenvalue weighted by Gasteiger charge is 2.34. The molecule has 23 heavy (non-hydrogen) atoms. The van der Waals surface area contributed by atoms with Crippen molar-refractivity contribution in [3.63, 3.8) is 0 Å². The molecule has 1 aromatic heterocycles. The fourth-order valence-corrected chi connectivity index (χ4v) is 4.29. The Morgan fingerprint density at radius 1 is 1.43 bits per heavy atom. The lowest BCUT2D eigenvalue weighted by Crippen LogP contribution is -2.41. The number of carbonyl (C=O) groups excluding carboxylic acids is 1. The smallest absolute Gasteiger partial charge is 0.274 e. The van der Waals surface area contributed by atoms with Crippen molar-refractivity contribution in [2.24, 2.45) is 0 Å². The average molecular weight is 342 g/mol. The molecule has 9 heteroatoms. The molecule has 1 saturated heterocycles. The van der Waals surface area contributed by atoms with Gasteiger partial charge in [0, 0.05) is 26.2 Å². The van der Waals surface area contributed by atoms with Gasteiger partial charge in [-0.1, -0.05) is 0 Å². The lowest BCUT2D eigenvalue weighted by atomic mass is 10.2. The van der Waals surface area contributed by atoms with E-state index in [0.29, 0.717) is 31.9 Å². The lowest BCUT2D eigenvalue weighted by molar-refractivity contribution is 0.0701. The van der Waals surface area contributed by atoms with Crippen molar-refractivity contribution in [3.05, 3.63) is 17.8 Å². The van der Waals surface area contributed by atoms with Crippen LogP contribution in [0.2, 0.25) is 0 Å². The second-order valence-corrected chi connectivity index (χ2v) is 7.60. The van der Waals surface area contributed by atoms with E-state index in [1.807, 2.05) is 6.92 Å². The van der Waals surface area contributed by atoms with Gasteiger partial charge in [-0.2, -0.15) is 0 Å². The molecule has 0 spiro atoms. The molecule has 0 aromatic carbocycles. The largest absolute Gasteiger partial charge is 0.383 e. The minimum Gasteiger partial charge on any atom is -0.383 e. The van der Waals surface area contributed by atoms with Gasteiger partial charge >= 0.3 is 0 Å². The van der Waals surface area contributed by atoms with E-state index in [9.17, 15) is 13.2 Å². The van der Waals surface area contributed by atoms with E-state index < -0.39 is 9.84 Å². The summed E-state index contributed by atoms with van der Waals surface area (Å²) in [6, 6.07) is 2.99. The number of anilines is 1. The predicted molar refractivity (Wildman–Crippen MR) is 86.2 cm³/mol. The molecular weight excluding hydrogens is 320 g/mol. The van der Waals surface area contributed by atoms with Crippen molar-refractivity contribution in [2.45, 2.75) is 19.4 Å². The number of ether oxygens (including phenoxy) is 1. The summed E-state index contributed by atoms with van der Waals surface area (Å²) in [5.41, 5.74) is 0.216. The molecular formula is C14H22N4O4S. The molecule has 2 rings (SSSR count). The van der Waals surface area contributed by atoms with E-state index >= 15 is 0 Å². The molecule has 0 radical (unpaired) electrons.